The van der Waals surface area contributed by atoms with E-state index in [0.717, 1.165) is 55.8 Å². The van der Waals surface area contributed by atoms with Crippen molar-refractivity contribution in [2.75, 3.05) is 0 Å². The van der Waals surface area contributed by atoms with Crippen molar-refractivity contribution in [1.29, 1.82) is 0 Å². The van der Waals surface area contributed by atoms with E-state index in [1.807, 2.05) is 109 Å². The molecule has 4 nitrogen and oxygen atoms in total. The first-order valence-electron chi connectivity index (χ1n) is 17.2. The van der Waals surface area contributed by atoms with Crippen LogP contribution >= 0.6 is 0 Å². The fourth-order valence-corrected chi connectivity index (χ4v) is 6.96. The van der Waals surface area contributed by atoms with Crippen molar-refractivity contribution < 1.29 is 13.2 Å². The molecule has 2 heterocycles. The molecule has 0 unspecified atom stereocenters. The van der Waals surface area contributed by atoms with Crippen LogP contribution in [0, 0.1) is 0 Å². The molecule has 2 aromatic heterocycles. The Morgan fingerprint density at radius 3 is 1.60 bits per heavy atom. The fourth-order valence-electron chi connectivity index (χ4n) is 6.96. The van der Waals surface area contributed by atoms with E-state index in [-0.39, 0.29) is 0 Å². The van der Waals surface area contributed by atoms with E-state index >= 15 is 0 Å². The Morgan fingerprint density at radius 1 is 0.377 bits per heavy atom. The van der Waals surface area contributed by atoms with Crippen molar-refractivity contribution in [2.24, 2.45) is 0 Å². The van der Waals surface area contributed by atoms with Crippen LogP contribution in [0.3, 0.4) is 0 Å². The topological polar surface area (TPSA) is 43.6 Å². The highest BCUT2D eigenvalue weighted by molar-refractivity contribution is 6.10. The molecule has 0 bridgehead atoms. The standard InChI is InChI=1S/C46H29F3N4/c47-46(48,49)35-20-12-19-34(27-35)37-26-24-36(53-41-22-11-10-21-38(41)39-25-23-33(28-42(39)53)30-13-4-1-5-14-30)29-40(37)45-51-43(31-15-6-2-7-16-31)50-44(52-45)32-17-8-3-9-18-32/h1-29H. The Kier molecular flexibility index (Phi) is 7.89. The molecule has 0 saturated heterocycles. The van der Waals surface area contributed by atoms with Crippen LogP contribution in [-0.4, -0.2) is 19.5 Å². The number of halogens is 3. The minimum Gasteiger partial charge on any atom is -0.309 e. The molecule has 7 aromatic carbocycles. The number of hydrogen-bond acceptors (Lipinski definition) is 3. The highest BCUT2D eigenvalue weighted by atomic mass is 19.4. The minimum absolute atomic E-state index is 0.345. The molecule has 0 aliphatic rings. The summed E-state index contributed by atoms with van der Waals surface area (Å²) in [7, 11) is 0. The van der Waals surface area contributed by atoms with Gasteiger partial charge < -0.3 is 4.57 Å². The second-order valence-corrected chi connectivity index (χ2v) is 12.8. The van der Waals surface area contributed by atoms with Gasteiger partial charge in [-0.15, -0.1) is 0 Å². The van der Waals surface area contributed by atoms with Crippen molar-refractivity contribution in [3.05, 3.63) is 181 Å². The molecule has 0 amide bonds. The smallest absolute Gasteiger partial charge is 0.309 e. The van der Waals surface area contributed by atoms with E-state index in [2.05, 4.69) is 47.0 Å². The highest BCUT2D eigenvalue weighted by Gasteiger charge is 2.31. The zero-order valence-electron chi connectivity index (χ0n) is 28.2. The van der Waals surface area contributed by atoms with E-state index < -0.39 is 11.7 Å². The van der Waals surface area contributed by atoms with Crippen LogP contribution in [0.15, 0.2) is 176 Å². The Bertz CT molecular complexity index is 2700. The summed E-state index contributed by atoms with van der Waals surface area (Å²) in [4.78, 5) is 14.9. The second-order valence-electron chi connectivity index (χ2n) is 12.8. The van der Waals surface area contributed by atoms with E-state index in [1.54, 1.807) is 6.07 Å². The molecule has 53 heavy (non-hydrogen) atoms. The van der Waals surface area contributed by atoms with Gasteiger partial charge in [-0.05, 0) is 58.7 Å². The predicted octanol–water partition coefficient (Wildman–Crippen LogP) is 12.3. The third-order valence-electron chi connectivity index (χ3n) is 9.48. The van der Waals surface area contributed by atoms with Gasteiger partial charge in [-0.3, -0.25) is 0 Å². The Balaban J connectivity index is 1.33. The van der Waals surface area contributed by atoms with Crippen molar-refractivity contribution in [1.82, 2.24) is 19.5 Å². The zero-order chi connectivity index (χ0) is 35.9. The molecular weight excluding hydrogens is 666 g/mol. The van der Waals surface area contributed by atoms with Crippen molar-refractivity contribution in [2.45, 2.75) is 6.18 Å². The molecule has 9 aromatic rings. The van der Waals surface area contributed by atoms with E-state index in [9.17, 15) is 13.2 Å². The number of benzene rings is 7. The SMILES string of the molecule is FC(F)(F)c1cccc(-c2ccc(-n3c4ccccc4c4ccc(-c5ccccc5)cc43)cc2-c2nc(-c3ccccc3)nc(-c3ccccc3)n2)c1. The first-order valence-corrected chi connectivity index (χ1v) is 17.2. The number of rotatable bonds is 6. The molecule has 0 atom stereocenters. The van der Waals surface area contributed by atoms with Gasteiger partial charge >= 0.3 is 6.18 Å². The molecule has 9 rings (SSSR count). The van der Waals surface area contributed by atoms with Crippen LogP contribution in [-0.2, 0) is 6.18 Å². The van der Waals surface area contributed by atoms with Gasteiger partial charge in [-0.1, -0.05) is 140 Å². The van der Waals surface area contributed by atoms with Gasteiger partial charge in [-0.2, -0.15) is 13.2 Å². The van der Waals surface area contributed by atoms with Crippen LogP contribution in [0.2, 0.25) is 0 Å². The number of para-hydroxylation sites is 1. The molecule has 0 aliphatic heterocycles. The average molecular weight is 695 g/mol. The van der Waals surface area contributed by atoms with Crippen LogP contribution in [0.25, 0.3) is 83.9 Å². The summed E-state index contributed by atoms with van der Waals surface area (Å²) >= 11 is 0. The quantitative estimate of drug-likeness (QED) is 0.174. The molecule has 0 aliphatic carbocycles. The number of hydrogen-bond donors (Lipinski definition) is 0. The first kappa shape index (κ1) is 32.1. The maximum absolute atomic E-state index is 14.1. The van der Waals surface area contributed by atoms with Gasteiger partial charge in [0.05, 0.1) is 16.6 Å². The number of alkyl halides is 3. The van der Waals surface area contributed by atoms with Gasteiger partial charge in [0.2, 0.25) is 0 Å². The minimum atomic E-state index is -4.51. The van der Waals surface area contributed by atoms with Crippen molar-refractivity contribution in [3.63, 3.8) is 0 Å². The van der Waals surface area contributed by atoms with Crippen LogP contribution in [0.1, 0.15) is 5.56 Å². The normalized spacial score (nSPS) is 11.7. The number of nitrogens with zero attached hydrogens (tertiary/aromatic N) is 4. The zero-order valence-corrected chi connectivity index (χ0v) is 28.2. The van der Waals surface area contributed by atoms with Crippen molar-refractivity contribution >= 4 is 21.8 Å². The summed E-state index contributed by atoms with van der Waals surface area (Å²) in [6.07, 6.45) is -4.51. The van der Waals surface area contributed by atoms with Gasteiger partial charge in [0.15, 0.2) is 17.5 Å². The van der Waals surface area contributed by atoms with Gasteiger partial charge in [0.25, 0.3) is 0 Å². The van der Waals surface area contributed by atoms with Gasteiger partial charge in [-0.25, -0.2) is 15.0 Å². The summed E-state index contributed by atoms with van der Waals surface area (Å²) in [6, 6.07) is 55.4. The van der Waals surface area contributed by atoms with Gasteiger partial charge in [0.1, 0.15) is 0 Å². The lowest BCUT2D eigenvalue weighted by atomic mass is 9.96. The lowest BCUT2D eigenvalue weighted by Gasteiger charge is -2.16. The maximum Gasteiger partial charge on any atom is 0.416 e. The molecular formula is C46H29F3N4. The van der Waals surface area contributed by atoms with Gasteiger partial charge in [0, 0.05) is 33.2 Å². The van der Waals surface area contributed by atoms with Crippen LogP contribution in [0.5, 0.6) is 0 Å². The molecule has 7 heteroatoms. The number of aromatic nitrogens is 4. The first-order chi connectivity index (χ1) is 25.9. The Hall–Kier alpha value is -6.86. The van der Waals surface area contributed by atoms with E-state index in [1.165, 1.54) is 12.1 Å². The third kappa shape index (κ3) is 6.02. The summed E-state index contributed by atoms with van der Waals surface area (Å²) in [5.41, 5.74) is 7.37. The van der Waals surface area contributed by atoms with Crippen molar-refractivity contribution in [3.8, 4) is 62.1 Å². The van der Waals surface area contributed by atoms with Crippen LogP contribution < -0.4 is 0 Å². The van der Waals surface area contributed by atoms with E-state index in [4.69, 9.17) is 15.0 Å². The summed E-state index contributed by atoms with van der Waals surface area (Å²) in [5, 5.41) is 2.17. The lowest BCUT2D eigenvalue weighted by molar-refractivity contribution is -0.137. The third-order valence-corrected chi connectivity index (χ3v) is 9.48. The molecule has 254 valence electrons. The monoisotopic (exact) mass is 694 g/mol. The molecule has 0 N–H and O–H groups in total. The molecule has 0 fully saturated rings. The lowest BCUT2D eigenvalue weighted by Crippen LogP contribution is -2.05. The van der Waals surface area contributed by atoms with Crippen LogP contribution in [0.4, 0.5) is 13.2 Å². The highest BCUT2D eigenvalue weighted by Crippen LogP contribution is 2.40. The maximum atomic E-state index is 14.1. The predicted molar refractivity (Wildman–Crippen MR) is 206 cm³/mol. The molecule has 0 radical (unpaired) electrons. The molecule has 0 saturated carbocycles. The Morgan fingerprint density at radius 2 is 0.943 bits per heavy atom. The average Bonchev–Trinajstić information content (AvgIpc) is 3.55. The fraction of sp³-hybridized carbons (Fsp3) is 0.0217. The largest absolute Gasteiger partial charge is 0.416 e. The summed E-state index contributed by atoms with van der Waals surface area (Å²) in [5.74, 6) is 1.26. The number of fused-ring (bicyclic) bond motifs is 3. The second kappa shape index (κ2) is 13.0. The summed E-state index contributed by atoms with van der Waals surface area (Å²) in [6.45, 7) is 0. The Labute approximate surface area is 303 Å². The summed E-state index contributed by atoms with van der Waals surface area (Å²) < 4.78 is 44.4. The molecule has 0 spiro atoms. The van der Waals surface area contributed by atoms with E-state index in [0.29, 0.717) is 34.2 Å².